The van der Waals surface area contributed by atoms with Crippen LogP contribution in [0.25, 0.3) is 89.0 Å². The molecule has 0 amide bonds. The Morgan fingerprint density at radius 1 is 0.182 bits per heavy atom. The Labute approximate surface area is 390 Å². The van der Waals surface area contributed by atoms with Gasteiger partial charge in [0.2, 0.25) is 0 Å². The van der Waals surface area contributed by atoms with Crippen LogP contribution in [0.15, 0.2) is 243 Å². The lowest BCUT2D eigenvalue weighted by Gasteiger charge is -2.45. The van der Waals surface area contributed by atoms with Gasteiger partial charge in [-0.1, -0.05) is 222 Å². The summed E-state index contributed by atoms with van der Waals surface area (Å²) in [5, 5.41) is 0. The molecular weight excluding hydrogens is 793 g/mol. The number of benzene rings is 10. The minimum Gasteiger partial charge on any atom is -0.0622 e. The molecule has 0 fully saturated rings. The van der Waals surface area contributed by atoms with Crippen LogP contribution in [0.5, 0.6) is 0 Å². The van der Waals surface area contributed by atoms with Crippen molar-refractivity contribution in [2.45, 2.75) is 38.5 Å². The molecule has 66 heavy (non-hydrogen) atoms. The van der Waals surface area contributed by atoms with Gasteiger partial charge < -0.3 is 0 Å². The summed E-state index contributed by atoms with van der Waals surface area (Å²) in [6.07, 6.45) is 0. The zero-order chi connectivity index (χ0) is 44.8. The van der Waals surface area contributed by atoms with E-state index < -0.39 is 0 Å². The van der Waals surface area contributed by atoms with Crippen LogP contribution in [-0.2, 0) is 10.8 Å². The number of fused-ring (bicyclic) bond motifs is 2. The Kier molecular flexibility index (Phi) is 10.3. The van der Waals surface area contributed by atoms with E-state index in [1.807, 2.05) is 0 Å². The molecule has 0 N–H and O–H groups in total. The van der Waals surface area contributed by atoms with E-state index in [2.05, 4.69) is 270 Å². The first-order valence-corrected chi connectivity index (χ1v) is 23.2. The van der Waals surface area contributed by atoms with Gasteiger partial charge in [0.05, 0.1) is 0 Å². The highest BCUT2D eigenvalue weighted by Crippen LogP contribution is 2.55. The Hall–Kier alpha value is -7.80. The van der Waals surface area contributed by atoms with E-state index in [0.717, 1.165) is 0 Å². The van der Waals surface area contributed by atoms with Gasteiger partial charge in [0.25, 0.3) is 0 Å². The standard InChI is InChI=1S/C66H52/c1-65(2)61-41-57(53-33-17-29-49(37-53)45-21-9-5-10-22-45)59(55-35-19-31-51(39-55)47-25-13-7-14-26-47)43-63(61)66(3,4)64-44-60(56-36-20-32-52(40-56)48-27-15-8-16-28-48)58(42-62(64)65)54-34-18-30-50(38-54)46-23-11-6-12-24-46/h5-44H,1-4H3. The van der Waals surface area contributed by atoms with Crippen LogP contribution in [0.4, 0.5) is 0 Å². The first-order chi connectivity index (χ1) is 32.2. The summed E-state index contributed by atoms with van der Waals surface area (Å²) in [4.78, 5) is 0. The molecule has 0 heteroatoms. The highest BCUT2D eigenvalue weighted by molar-refractivity contribution is 5.92. The van der Waals surface area contributed by atoms with Crippen LogP contribution < -0.4 is 0 Å². The lowest BCUT2D eigenvalue weighted by Crippen LogP contribution is -2.37. The van der Waals surface area contributed by atoms with Crippen LogP contribution in [-0.4, -0.2) is 0 Å². The van der Waals surface area contributed by atoms with E-state index in [9.17, 15) is 0 Å². The molecule has 0 unspecified atom stereocenters. The van der Waals surface area contributed by atoms with Gasteiger partial charge in [-0.3, -0.25) is 0 Å². The molecule has 1 aliphatic rings. The molecule has 1 aliphatic carbocycles. The van der Waals surface area contributed by atoms with Crippen LogP contribution in [0.2, 0.25) is 0 Å². The van der Waals surface area contributed by atoms with Gasteiger partial charge in [-0.2, -0.15) is 0 Å². The molecular formula is C66H52. The molecule has 316 valence electrons. The van der Waals surface area contributed by atoms with Crippen molar-refractivity contribution in [3.05, 3.63) is 265 Å². The second kappa shape index (κ2) is 16.6. The van der Waals surface area contributed by atoms with E-state index in [1.165, 1.54) is 111 Å². The van der Waals surface area contributed by atoms with Crippen LogP contribution >= 0.6 is 0 Å². The fourth-order valence-corrected chi connectivity index (χ4v) is 10.5. The number of hydrogen-bond donors (Lipinski definition) is 0. The Morgan fingerprint density at radius 2 is 0.364 bits per heavy atom. The number of hydrogen-bond acceptors (Lipinski definition) is 0. The molecule has 0 saturated heterocycles. The Bertz CT molecular complexity index is 2920. The van der Waals surface area contributed by atoms with E-state index in [0.29, 0.717) is 0 Å². The molecule has 0 nitrogen and oxygen atoms in total. The van der Waals surface area contributed by atoms with Crippen molar-refractivity contribution in [3.8, 4) is 89.0 Å². The summed E-state index contributed by atoms with van der Waals surface area (Å²) in [6.45, 7) is 9.78. The van der Waals surface area contributed by atoms with Crippen molar-refractivity contribution < 1.29 is 0 Å². The minimum absolute atomic E-state index is 0.327. The first kappa shape index (κ1) is 40.9. The zero-order valence-electron chi connectivity index (χ0n) is 38.1. The van der Waals surface area contributed by atoms with E-state index >= 15 is 0 Å². The number of rotatable bonds is 8. The SMILES string of the molecule is CC1(C)c2cc(-c3cccc(-c4ccccc4)c3)c(-c3cccc(-c4ccccc4)c3)cc2C(C)(C)c2cc(-c3cccc(-c4ccccc4)c3)c(-c3cccc(-c4ccccc4)c3)cc21. The van der Waals surface area contributed by atoms with Gasteiger partial charge in [0.1, 0.15) is 0 Å². The fraction of sp³-hybridized carbons (Fsp3) is 0.0909. The van der Waals surface area contributed by atoms with Gasteiger partial charge in [-0.05, 0) is 160 Å². The average Bonchev–Trinajstić information content (AvgIpc) is 3.38. The van der Waals surface area contributed by atoms with E-state index in [4.69, 9.17) is 0 Å². The van der Waals surface area contributed by atoms with Crippen molar-refractivity contribution in [1.82, 2.24) is 0 Å². The molecule has 10 aromatic carbocycles. The molecule has 11 rings (SSSR count). The molecule has 10 aromatic rings. The van der Waals surface area contributed by atoms with Crippen molar-refractivity contribution >= 4 is 0 Å². The third kappa shape index (κ3) is 7.39. The highest BCUT2D eigenvalue weighted by atomic mass is 14.5. The van der Waals surface area contributed by atoms with Crippen molar-refractivity contribution in [2.75, 3.05) is 0 Å². The van der Waals surface area contributed by atoms with Crippen LogP contribution in [0.1, 0.15) is 49.9 Å². The quantitative estimate of drug-likeness (QED) is 0.143. The topological polar surface area (TPSA) is 0 Å². The lowest BCUT2D eigenvalue weighted by atomic mass is 9.58. The summed E-state index contributed by atoms with van der Waals surface area (Å²) in [5.74, 6) is 0. The predicted molar refractivity (Wildman–Crippen MR) is 281 cm³/mol. The molecule has 0 radical (unpaired) electrons. The summed E-state index contributed by atoms with van der Waals surface area (Å²) < 4.78 is 0. The van der Waals surface area contributed by atoms with Crippen molar-refractivity contribution in [2.24, 2.45) is 0 Å². The molecule has 0 bridgehead atoms. The van der Waals surface area contributed by atoms with Gasteiger partial charge in [-0.25, -0.2) is 0 Å². The van der Waals surface area contributed by atoms with Gasteiger partial charge in [0.15, 0.2) is 0 Å². The highest BCUT2D eigenvalue weighted by Gasteiger charge is 2.43. The smallest absolute Gasteiger partial charge is 0.0153 e. The average molecular weight is 845 g/mol. The molecule has 0 aliphatic heterocycles. The minimum atomic E-state index is -0.327. The predicted octanol–water partition coefficient (Wildman–Crippen LogP) is 18.0. The van der Waals surface area contributed by atoms with Crippen LogP contribution in [0, 0.1) is 0 Å². The van der Waals surface area contributed by atoms with E-state index in [-0.39, 0.29) is 10.8 Å². The molecule has 0 aromatic heterocycles. The van der Waals surface area contributed by atoms with Gasteiger partial charge >= 0.3 is 0 Å². The fourth-order valence-electron chi connectivity index (χ4n) is 10.5. The lowest BCUT2D eigenvalue weighted by molar-refractivity contribution is 0.521. The molecule has 0 heterocycles. The van der Waals surface area contributed by atoms with E-state index in [1.54, 1.807) is 0 Å². The normalized spacial score (nSPS) is 13.4. The third-order valence-electron chi connectivity index (χ3n) is 14.1. The summed E-state index contributed by atoms with van der Waals surface area (Å²) in [7, 11) is 0. The second-order valence-corrected chi connectivity index (χ2v) is 18.9. The maximum Gasteiger partial charge on any atom is 0.0153 e. The summed E-state index contributed by atoms with van der Waals surface area (Å²) >= 11 is 0. The Balaban J connectivity index is 1.15. The second-order valence-electron chi connectivity index (χ2n) is 18.9. The molecule has 0 spiro atoms. The Morgan fingerprint density at radius 3 is 0.576 bits per heavy atom. The van der Waals surface area contributed by atoms with Crippen molar-refractivity contribution in [1.29, 1.82) is 0 Å². The first-order valence-electron chi connectivity index (χ1n) is 23.2. The van der Waals surface area contributed by atoms with Gasteiger partial charge in [0, 0.05) is 10.8 Å². The van der Waals surface area contributed by atoms with Gasteiger partial charge in [-0.15, -0.1) is 0 Å². The van der Waals surface area contributed by atoms with Crippen molar-refractivity contribution in [3.63, 3.8) is 0 Å². The zero-order valence-corrected chi connectivity index (χ0v) is 38.1. The molecule has 0 saturated carbocycles. The maximum atomic E-state index is 2.54. The van der Waals surface area contributed by atoms with Crippen LogP contribution in [0.3, 0.4) is 0 Å². The monoisotopic (exact) mass is 844 g/mol. The third-order valence-corrected chi connectivity index (χ3v) is 14.1. The molecule has 0 atom stereocenters. The largest absolute Gasteiger partial charge is 0.0622 e. The summed E-state index contributed by atoms with van der Waals surface area (Å²) in [5.41, 5.74) is 24.4. The maximum absolute atomic E-state index is 2.54. The summed E-state index contributed by atoms with van der Waals surface area (Å²) in [6, 6.07) is 89.7.